The van der Waals surface area contributed by atoms with Crippen molar-refractivity contribution in [3.63, 3.8) is 0 Å². The van der Waals surface area contributed by atoms with E-state index in [1.54, 1.807) is 6.33 Å². The minimum Gasteiger partial charge on any atom is -0.356 e. The summed E-state index contributed by atoms with van der Waals surface area (Å²) in [5.74, 6) is 1.23. The zero-order valence-electron chi connectivity index (χ0n) is 13.3. The van der Waals surface area contributed by atoms with Gasteiger partial charge in [0.05, 0.1) is 0 Å². The van der Waals surface area contributed by atoms with E-state index in [0.29, 0.717) is 6.04 Å². The molecule has 2 heterocycles. The lowest BCUT2D eigenvalue weighted by Crippen LogP contribution is -2.43. The number of hydrogen-bond acceptors (Lipinski definition) is 4. The summed E-state index contributed by atoms with van der Waals surface area (Å²) < 4.78 is 0. The maximum Gasteiger partial charge on any atom is 0.135 e. The summed E-state index contributed by atoms with van der Waals surface area (Å²) in [6.07, 6.45) is 11.7. The third-order valence-electron chi connectivity index (χ3n) is 4.83. The SMILES string of the molecule is CCCNC1CCN(c2ncnc3c2CCCCC3)CC1. The number of hydrogen-bond donors (Lipinski definition) is 1. The summed E-state index contributed by atoms with van der Waals surface area (Å²) >= 11 is 0. The van der Waals surface area contributed by atoms with Gasteiger partial charge in [-0.15, -0.1) is 0 Å². The Morgan fingerprint density at radius 1 is 1.14 bits per heavy atom. The first kappa shape index (κ1) is 14.8. The average molecular weight is 288 g/mol. The summed E-state index contributed by atoms with van der Waals surface area (Å²) in [6.45, 7) is 5.64. The van der Waals surface area contributed by atoms with Gasteiger partial charge in [0.1, 0.15) is 12.1 Å². The predicted molar refractivity (Wildman–Crippen MR) is 86.8 cm³/mol. The fraction of sp³-hybridized carbons (Fsp3) is 0.765. The van der Waals surface area contributed by atoms with Crippen molar-refractivity contribution >= 4 is 5.82 Å². The van der Waals surface area contributed by atoms with Crippen LogP contribution < -0.4 is 10.2 Å². The number of aromatic nitrogens is 2. The lowest BCUT2D eigenvalue weighted by atomic mass is 10.0. The van der Waals surface area contributed by atoms with Crippen molar-refractivity contribution in [1.82, 2.24) is 15.3 Å². The molecule has 116 valence electrons. The van der Waals surface area contributed by atoms with Crippen molar-refractivity contribution in [2.24, 2.45) is 0 Å². The number of rotatable bonds is 4. The molecule has 1 saturated heterocycles. The lowest BCUT2D eigenvalue weighted by molar-refractivity contribution is 0.414. The number of nitrogens with zero attached hydrogens (tertiary/aromatic N) is 3. The number of anilines is 1. The summed E-state index contributed by atoms with van der Waals surface area (Å²) in [5.41, 5.74) is 2.75. The van der Waals surface area contributed by atoms with E-state index in [4.69, 9.17) is 0 Å². The Labute approximate surface area is 128 Å². The summed E-state index contributed by atoms with van der Waals surface area (Å²) in [6, 6.07) is 0.696. The van der Waals surface area contributed by atoms with Crippen molar-refractivity contribution in [3.05, 3.63) is 17.6 Å². The fourth-order valence-corrected chi connectivity index (χ4v) is 3.60. The van der Waals surface area contributed by atoms with Gasteiger partial charge in [0.25, 0.3) is 0 Å². The van der Waals surface area contributed by atoms with Gasteiger partial charge in [-0.1, -0.05) is 13.3 Å². The molecule has 0 amide bonds. The highest BCUT2D eigenvalue weighted by Crippen LogP contribution is 2.28. The standard InChI is InChI=1S/C17H28N4/c1-2-10-18-14-8-11-21(12-9-14)17-15-6-4-3-5-7-16(15)19-13-20-17/h13-14,18H,2-12H2,1H3. The van der Waals surface area contributed by atoms with E-state index in [1.165, 1.54) is 62.0 Å². The molecule has 2 aliphatic rings. The minimum absolute atomic E-state index is 0.696. The van der Waals surface area contributed by atoms with E-state index >= 15 is 0 Å². The number of piperidine rings is 1. The van der Waals surface area contributed by atoms with Gasteiger partial charge in [-0.25, -0.2) is 9.97 Å². The molecule has 1 N–H and O–H groups in total. The van der Waals surface area contributed by atoms with Gasteiger partial charge in [0, 0.05) is 30.4 Å². The van der Waals surface area contributed by atoms with Gasteiger partial charge < -0.3 is 10.2 Å². The van der Waals surface area contributed by atoms with Crippen LogP contribution >= 0.6 is 0 Å². The first-order valence-electron chi connectivity index (χ1n) is 8.69. The molecule has 1 aliphatic heterocycles. The van der Waals surface area contributed by atoms with Crippen LogP contribution in [0.2, 0.25) is 0 Å². The zero-order chi connectivity index (χ0) is 14.5. The van der Waals surface area contributed by atoms with Crippen LogP contribution in [0.3, 0.4) is 0 Å². The van der Waals surface area contributed by atoms with E-state index in [-0.39, 0.29) is 0 Å². The second-order valence-electron chi connectivity index (χ2n) is 6.40. The number of aryl methyl sites for hydroxylation is 1. The Balaban J connectivity index is 1.68. The molecule has 0 bridgehead atoms. The molecule has 0 unspecified atom stereocenters. The fourth-order valence-electron chi connectivity index (χ4n) is 3.60. The topological polar surface area (TPSA) is 41.0 Å². The summed E-state index contributed by atoms with van der Waals surface area (Å²) in [4.78, 5) is 11.7. The molecule has 3 rings (SSSR count). The van der Waals surface area contributed by atoms with E-state index in [0.717, 1.165) is 26.1 Å². The summed E-state index contributed by atoms with van der Waals surface area (Å²) in [7, 11) is 0. The second kappa shape index (κ2) is 7.21. The van der Waals surface area contributed by atoms with Crippen LogP contribution in [0.25, 0.3) is 0 Å². The van der Waals surface area contributed by atoms with Gasteiger partial charge in [0.2, 0.25) is 0 Å². The second-order valence-corrected chi connectivity index (χ2v) is 6.40. The maximum absolute atomic E-state index is 4.64. The third-order valence-corrected chi connectivity index (χ3v) is 4.83. The predicted octanol–water partition coefficient (Wildman–Crippen LogP) is 2.71. The molecule has 1 aromatic heterocycles. The monoisotopic (exact) mass is 288 g/mol. The quantitative estimate of drug-likeness (QED) is 0.865. The van der Waals surface area contributed by atoms with Crippen LogP contribution in [0.5, 0.6) is 0 Å². The van der Waals surface area contributed by atoms with Crippen LogP contribution in [0.4, 0.5) is 5.82 Å². The first-order valence-corrected chi connectivity index (χ1v) is 8.69. The smallest absolute Gasteiger partial charge is 0.135 e. The number of fused-ring (bicyclic) bond motifs is 1. The zero-order valence-corrected chi connectivity index (χ0v) is 13.3. The molecule has 1 fully saturated rings. The average Bonchev–Trinajstić information content (AvgIpc) is 2.78. The third kappa shape index (κ3) is 3.54. The largest absolute Gasteiger partial charge is 0.356 e. The molecular weight excluding hydrogens is 260 g/mol. The molecule has 0 spiro atoms. The molecule has 0 radical (unpaired) electrons. The molecule has 4 nitrogen and oxygen atoms in total. The highest BCUT2D eigenvalue weighted by molar-refractivity contribution is 5.49. The van der Waals surface area contributed by atoms with E-state index < -0.39 is 0 Å². The molecule has 4 heteroatoms. The molecule has 0 atom stereocenters. The Kier molecular flexibility index (Phi) is 5.07. The van der Waals surface area contributed by atoms with Crippen molar-refractivity contribution in [1.29, 1.82) is 0 Å². The van der Waals surface area contributed by atoms with Crippen molar-refractivity contribution < 1.29 is 0 Å². The van der Waals surface area contributed by atoms with Crippen molar-refractivity contribution in [2.45, 2.75) is 64.3 Å². The van der Waals surface area contributed by atoms with Crippen LogP contribution in [0.1, 0.15) is 56.7 Å². The van der Waals surface area contributed by atoms with Gasteiger partial charge in [-0.3, -0.25) is 0 Å². The number of nitrogens with one attached hydrogen (secondary N) is 1. The van der Waals surface area contributed by atoms with Crippen LogP contribution in [-0.2, 0) is 12.8 Å². The van der Waals surface area contributed by atoms with E-state index in [1.807, 2.05) is 0 Å². The molecule has 0 saturated carbocycles. The molecule has 1 aromatic rings. The van der Waals surface area contributed by atoms with Gasteiger partial charge >= 0.3 is 0 Å². The van der Waals surface area contributed by atoms with Gasteiger partial charge in [0.15, 0.2) is 0 Å². The Bertz CT molecular complexity index is 452. The highest BCUT2D eigenvalue weighted by atomic mass is 15.2. The van der Waals surface area contributed by atoms with Crippen LogP contribution in [-0.4, -0.2) is 35.6 Å². The lowest BCUT2D eigenvalue weighted by Gasteiger charge is -2.34. The molecule has 1 aliphatic carbocycles. The molecular formula is C17H28N4. The Hall–Kier alpha value is -1.16. The Morgan fingerprint density at radius 3 is 2.76 bits per heavy atom. The molecule has 0 aromatic carbocycles. The first-order chi connectivity index (χ1) is 10.4. The van der Waals surface area contributed by atoms with Crippen molar-refractivity contribution in [2.75, 3.05) is 24.5 Å². The normalized spacial score (nSPS) is 20.1. The minimum atomic E-state index is 0.696. The van der Waals surface area contributed by atoms with Crippen LogP contribution in [0.15, 0.2) is 6.33 Å². The van der Waals surface area contributed by atoms with E-state index in [2.05, 4.69) is 27.1 Å². The van der Waals surface area contributed by atoms with Gasteiger partial charge in [-0.05, 0) is 51.5 Å². The van der Waals surface area contributed by atoms with Gasteiger partial charge in [-0.2, -0.15) is 0 Å². The Morgan fingerprint density at radius 2 is 1.95 bits per heavy atom. The maximum atomic E-state index is 4.64. The highest BCUT2D eigenvalue weighted by Gasteiger charge is 2.23. The van der Waals surface area contributed by atoms with Crippen molar-refractivity contribution in [3.8, 4) is 0 Å². The van der Waals surface area contributed by atoms with Crippen LogP contribution in [0, 0.1) is 0 Å². The van der Waals surface area contributed by atoms with E-state index in [9.17, 15) is 0 Å². The summed E-state index contributed by atoms with van der Waals surface area (Å²) in [5, 5.41) is 3.66. The molecule has 21 heavy (non-hydrogen) atoms.